The molecular formula is C21H32O2. The Bertz CT molecular complexity index is 451. The predicted molar refractivity (Wildman–Crippen MR) is 97.1 cm³/mol. The molecule has 1 aromatic rings. The predicted octanol–water partition coefficient (Wildman–Crippen LogP) is 5.70. The molecule has 128 valence electrons. The highest BCUT2D eigenvalue weighted by Gasteiger charge is 2.33. The Morgan fingerprint density at radius 1 is 1.17 bits per heavy atom. The molecule has 0 aliphatic carbocycles. The van der Waals surface area contributed by atoms with Crippen LogP contribution in [0.1, 0.15) is 63.9 Å². The molecule has 0 radical (unpaired) electrons. The molecule has 1 aliphatic rings. The Labute approximate surface area is 141 Å². The maximum Gasteiger partial charge on any atom is 0.130 e. The second-order valence-electron chi connectivity index (χ2n) is 6.53. The third kappa shape index (κ3) is 6.78. The highest BCUT2D eigenvalue weighted by molar-refractivity contribution is 5.33. The van der Waals surface area contributed by atoms with Crippen LogP contribution in [0, 0.1) is 0 Å². The number of aryl methyl sites for hydroxylation is 1. The molecule has 23 heavy (non-hydrogen) atoms. The van der Waals surface area contributed by atoms with E-state index in [1.54, 1.807) is 0 Å². The maximum absolute atomic E-state index is 6.22. The quantitative estimate of drug-likeness (QED) is 0.264. The van der Waals surface area contributed by atoms with Gasteiger partial charge in [0.15, 0.2) is 0 Å². The van der Waals surface area contributed by atoms with Crippen molar-refractivity contribution in [3.63, 3.8) is 0 Å². The Hall–Kier alpha value is -1.28. The summed E-state index contributed by atoms with van der Waals surface area (Å²) in [6.07, 6.45) is 13.6. The van der Waals surface area contributed by atoms with Gasteiger partial charge < -0.3 is 9.47 Å². The van der Waals surface area contributed by atoms with Gasteiger partial charge in [-0.3, -0.25) is 0 Å². The summed E-state index contributed by atoms with van der Waals surface area (Å²) < 4.78 is 11.6. The first-order valence-electron chi connectivity index (χ1n) is 9.32. The van der Waals surface area contributed by atoms with E-state index in [2.05, 4.69) is 37.8 Å². The number of para-hydroxylation sites is 1. The lowest BCUT2D eigenvalue weighted by molar-refractivity contribution is 0.160. The SMILES string of the molecule is C=CCC(Oc1ccccc1CCCCCCCCC)C1CO1. The minimum atomic E-state index is 0.114. The average molecular weight is 316 g/mol. The first-order chi connectivity index (χ1) is 11.3. The van der Waals surface area contributed by atoms with E-state index in [1.807, 2.05) is 6.08 Å². The molecule has 1 saturated heterocycles. The van der Waals surface area contributed by atoms with Gasteiger partial charge in [-0.1, -0.05) is 69.7 Å². The van der Waals surface area contributed by atoms with Crippen LogP contribution in [0.3, 0.4) is 0 Å². The maximum atomic E-state index is 6.22. The number of hydrogen-bond acceptors (Lipinski definition) is 2. The van der Waals surface area contributed by atoms with E-state index in [0.717, 1.165) is 25.2 Å². The van der Waals surface area contributed by atoms with Crippen LogP contribution in [-0.2, 0) is 11.2 Å². The second kappa shape index (κ2) is 10.5. The minimum absolute atomic E-state index is 0.114. The third-order valence-electron chi connectivity index (χ3n) is 4.47. The largest absolute Gasteiger partial charge is 0.487 e. The highest BCUT2D eigenvalue weighted by atomic mass is 16.6. The molecule has 0 aromatic heterocycles. The summed E-state index contributed by atoms with van der Waals surface area (Å²) in [4.78, 5) is 0. The number of hydrogen-bond donors (Lipinski definition) is 0. The summed E-state index contributed by atoms with van der Waals surface area (Å²) in [5.41, 5.74) is 1.33. The summed E-state index contributed by atoms with van der Waals surface area (Å²) in [5, 5.41) is 0. The zero-order chi connectivity index (χ0) is 16.3. The molecule has 1 fully saturated rings. The summed E-state index contributed by atoms with van der Waals surface area (Å²) >= 11 is 0. The van der Waals surface area contributed by atoms with Crippen LogP contribution in [0.4, 0.5) is 0 Å². The number of epoxide rings is 1. The van der Waals surface area contributed by atoms with Crippen molar-refractivity contribution in [2.75, 3.05) is 6.61 Å². The van der Waals surface area contributed by atoms with Crippen molar-refractivity contribution < 1.29 is 9.47 Å². The molecule has 2 atom stereocenters. The van der Waals surface area contributed by atoms with Crippen molar-refractivity contribution in [1.29, 1.82) is 0 Å². The van der Waals surface area contributed by atoms with Crippen LogP contribution in [0.5, 0.6) is 5.75 Å². The van der Waals surface area contributed by atoms with Gasteiger partial charge in [0.2, 0.25) is 0 Å². The molecule has 2 unspecified atom stereocenters. The van der Waals surface area contributed by atoms with Gasteiger partial charge in [-0.25, -0.2) is 0 Å². The van der Waals surface area contributed by atoms with Crippen LogP contribution < -0.4 is 4.74 Å². The molecule has 0 N–H and O–H groups in total. The van der Waals surface area contributed by atoms with E-state index in [0.29, 0.717) is 0 Å². The number of rotatable bonds is 13. The summed E-state index contributed by atoms with van der Waals surface area (Å²) in [7, 11) is 0. The first-order valence-corrected chi connectivity index (χ1v) is 9.32. The van der Waals surface area contributed by atoms with Crippen LogP contribution >= 0.6 is 0 Å². The van der Waals surface area contributed by atoms with E-state index < -0.39 is 0 Å². The first kappa shape index (κ1) is 18.1. The van der Waals surface area contributed by atoms with Gasteiger partial charge in [0, 0.05) is 6.42 Å². The molecule has 1 aliphatic heterocycles. The van der Waals surface area contributed by atoms with E-state index in [9.17, 15) is 0 Å². The van der Waals surface area contributed by atoms with E-state index in [4.69, 9.17) is 9.47 Å². The Balaban J connectivity index is 1.76. The van der Waals surface area contributed by atoms with Crippen LogP contribution in [0.2, 0.25) is 0 Å². The molecular weight excluding hydrogens is 284 g/mol. The smallest absolute Gasteiger partial charge is 0.130 e. The molecule has 2 heteroatoms. The Morgan fingerprint density at radius 2 is 1.87 bits per heavy atom. The lowest BCUT2D eigenvalue weighted by Crippen LogP contribution is -2.23. The lowest BCUT2D eigenvalue weighted by atomic mass is 10.0. The summed E-state index contributed by atoms with van der Waals surface area (Å²) in [6.45, 7) is 6.92. The zero-order valence-corrected chi connectivity index (χ0v) is 14.6. The fourth-order valence-corrected chi connectivity index (χ4v) is 2.97. The van der Waals surface area contributed by atoms with Crippen molar-refractivity contribution >= 4 is 0 Å². The number of benzene rings is 1. The van der Waals surface area contributed by atoms with Gasteiger partial charge in [0.1, 0.15) is 18.0 Å². The molecule has 0 spiro atoms. The third-order valence-corrected chi connectivity index (χ3v) is 4.47. The van der Waals surface area contributed by atoms with Gasteiger partial charge >= 0.3 is 0 Å². The normalized spacial score (nSPS) is 17.7. The molecule has 0 bridgehead atoms. The van der Waals surface area contributed by atoms with Gasteiger partial charge in [-0.15, -0.1) is 6.58 Å². The monoisotopic (exact) mass is 316 g/mol. The number of unbranched alkanes of at least 4 members (excludes halogenated alkanes) is 6. The van der Waals surface area contributed by atoms with E-state index >= 15 is 0 Å². The van der Waals surface area contributed by atoms with Crippen molar-refractivity contribution in [2.24, 2.45) is 0 Å². The van der Waals surface area contributed by atoms with Gasteiger partial charge in [-0.05, 0) is 24.5 Å². The fraction of sp³-hybridized carbons (Fsp3) is 0.619. The second-order valence-corrected chi connectivity index (χ2v) is 6.53. The van der Waals surface area contributed by atoms with Crippen molar-refractivity contribution in [3.05, 3.63) is 42.5 Å². The molecule has 0 amide bonds. The lowest BCUT2D eigenvalue weighted by Gasteiger charge is -2.18. The van der Waals surface area contributed by atoms with Gasteiger partial charge in [0.25, 0.3) is 0 Å². The van der Waals surface area contributed by atoms with Crippen LogP contribution in [0.25, 0.3) is 0 Å². The van der Waals surface area contributed by atoms with E-state index in [-0.39, 0.29) is 12.2 Å². The fourth-order valence-electron chi connectivity index (χ4n) is 2.97. The standard InChI is InChI=1S/C21H32O2/c1-3-5-6-7-8-9-10-14-18-15-11-12-16-19(18)23-20(13-4-2)21-17-22-21/h4,11-12,15-16,20-21H,2-3,5-10,13-14,17H2,1H3. The highest BCUT2D eigenvalue weighted by Crippen LogP contribution is 2.27. The van der Waals surface area contributed by atoms with Crippen molar-refractivity contribution in [1.82, 2.24) is 0 Å². The Morgan fingerprint density at radius 3 is 2.57 bits per heavy atom. The molecule has 1 heterocycles. The topological polar surface area (TPSA) is 21.8 Å². The molecule has 0 saturated carbocycles. The van der Waals surface area contributed by atoms with Crippen LogP contribution in [-0.4, -0.2) is 18.8 Å². The molecule has 1 aromatic carbocycles. The average Bonchev–Trinajstić information content (AvgIpc) is 3.40. The Kier molecular flexibility index (Phi) is 8.24. The number of ether oxygens (including phenoxy) is 2. The van der Waals surface area contributed by atoms with Gasteiger partial charge in [0.05, 0.1) is 6.61 Å². The molecule has 2 rings (SSSR count). The van der Waals surface area contributed by atoms with Gasteiger partial charge in [-0.2, -0.15) is 0 Å². The summed E-state index contributed by atoms with van der Waals surface area (Å²) in [5.74, 6) is 1.03. The van der Waals surface area contributed by atoms with E-state index in [1.165, 1.54) is 50.5 Å². The zero-order valence-electron chi connectivity index (χ0n) is 14.6. The molecule has 2 nitrogen and oxygen atoms in total. The minimum Gasteiger partial charge on any atom is -0.487 e. The summed E-state index contributed by atoms with van der Waals surface area (Å²) in [6, 6.07) is 8.46. The van der Waals surface area contributed by atoms with Crippen molar-refractivity contribution in [2.45, 2.75) is 76.9 Å². The van der Waals surface area contributed by atoms with Crippen LogP contribution in [0.15, 0.2) is 36.9 Å². The van der Waals surface area contributed by atoms with Crippen molar-refractivity contribution in [3.8, 4) is 5.75 Å².